The molecular weight excluding hydrogens is 241 g/mol. The van der Waals surface area contributed by atoms with Gasteiger partial charge in [-0.15, -0.1) is 0 Å². The second-order valence-electron chi connectivity index (χ2n) is 5.47. The zero-order valence-electron chi connectivity index (χ0n) is 11.8. The molecule has 1 heterocycles. The molecule has 0 saturated carbocycles. The molecule has 2 N–H and O–H groups in total. The van der Waals surface area contributed by atoms with Gasteiger partial charge in [-0.1, -0.05) is 12.1 Å². The summed E-state index contributed by atoms with van der Waals surface area (Å²) in [4.78, 5) is 4.84. The van der Waals surface area contributed by atoms with Gasteiger partial charge in [0, 0.05) is 44.8 Å². The second-order valence-corrected chi connectivity index (χ2v) is 5.47. The van der Waals surface area contributed by atoms with E-state index >= 15 is 0 Å². The van der Waals surface area contributed by atoms with Crippen molar-refractivity contribution in [3.8, 4) is 0 Å². The number of benzene rings is 1. The maximum Gasteiger partial charge on any atom is 0.123 e. The molecule has 1 aliphatic heterocycles. The molecule has 2 rings (SSSR count). The van der Waals surface area contributed by atoms with E-state index in [1.54, 1.807) is 12.1 Å². The van der Waals surface area contributed by atoms with Crippen LogP contribution in [0.4, 0.5) is 4.39 Å². The fourth-order valence-electron chi connectivity index (χ4n) is 2.78. The molecule has 0 spiro atoms. The van der Waals surface area contributed by atoms with Gasteiger partial charge in [-0.25, -0.2) is 4.39 Å². The molecule has 1 aliphatic rings. The van der Waals surface area contributed by atoms with Gasteiger partial charge in [-0.2, -0.15) is 0 Å². The zero-order chi connectivity index (χ0) is 13.8. The van der Waals surface area contributed by atoms with Crippen molar-refractivity contribution < 1.29 is 4.39 Å². The van der Waals surface area contributed by atoms with Crippen LogP contribution in [0.3, 0.4) is 0 Å². The quantitative estimate of drug-likeness (QED) is 0.902. The predicted octanol–water partition coefficient (Wildman–Crippen LogP) is 1.85. The number of halogens is 1. The minimum absolute atomic E-state index is 0.130. The van der Waals surface area contributed by atoms with E-state index in [2.05, 4.69) is 23.6 Å². The number of piperazine rings is 1. The van der Waals surface area contributed by atoms with Gasteiger partial charge >= 0.3 is 0 Å². The van der Waals surface area contributed by atoms with Crippen LogP contribution in [0.5, 0.6) is 0 Å². The van der Waals surface area contributed by atoms with Crippen molar-refractivity contribution in [2.45, 2.75) is 25.9 Å². The van der Waals surface area contributed by atoms with Gasteiger partial charge in [0.25, 0.3) is 0 Å². The van der Waals surface area contributed by atoms with Gasteiger partial charge in [-0.3, -0.25) is 9.80 Å². The van der Waals surface area contributed by atoms with Gasteiger partial charge in [-0.05, 0) is 31.5 Å². The van der Waals surface area contributed by atoms with E-state index < -0.39 is 0 Å². The molecule has 1 fully saturated rings. The molecule has 0 aromatic heterocycles. The highest BCUT2D eigenvalue weighted by Gasteiger charge is 2.25. The van der Waals surface area contributed by atoms with Crippen molar-refractivity contribution in [2.24, 2.45) is 5.73 Å². The summed E-state index contributed by atoms with van der Waals surface area (Å²) in [5.74, 6) is -0.184. The van der Waals surface area contributed by atoms with Crippen molar-refractivity contribution in [3.63, 3.8) is 0 Å². The first kappa shape index (κ1) is 14.4. The highest BCUT2D eigenvalue weighted by Crippen LogP contribution is 2.22. The summed E-state index contributed by atoms with van der Waals surface area (Å²) in [6.07, 6.45) is 0. The molecule has 0 radical (unpaired) electrons. The Bertz CT molecular complexity index is 400. The Kier molecular flexibility index (Phi) is 4.91. The van der Waals surface area contributed by atoms with Gasteiger partial charge in [0.05, 0.1) is 0 Å². The van der Waals surface area contributed by atoms with Crippen LogP contribution >= 0.6 is 0 Å². The van der Waals surface area contributed by atoms with Crippen molar-refractivity contribution in [3.05, 3.63) is 35.6 Å². The van der Waals surface area contributed by atoms with E-state index in [0.717, 1.165) is 31.7 Å². The molecule has 1 unspecified atom stereocenters. The molecular formula is C15H24FN3. The first-order chi connectivity index (χ1) is 9.11. The molecule has 1 saturated heterocycles. The average Bonchev–Trinajstić information content (AvgIpc) is 2.40. The summed E-state index contributed by atoms with van der Waals surface area (Å²) >= 11 is 0. The first-order valence-electron chi connectivity index (χ1n) is 7.05. The molecule has 1 aromatic carbocycles. The second kappa shape index (κ2) is 6.46. The molecule has 106 valence electrons. The van der Waals surface area contributed by atoms with Crippen LogP contribution < -0.4 is 5.73 Å². The molecule has 1 aromatic rings. The summed E-state index contributed by atoms with van der Waals surface area (Å²) in [6, 6.07) is 7.53. The van der Waals surface area contributed by atoms with Crippen LogP contribution in [-0.4, -0.2) is 48.6 Å². The monoisotopic (exact) mass is 265 g/mol. The van der Waals surface area contributed by atoms with E-state index in [-0.39, 0.29) is 11.9 Å². The number of rotatable bonds is 4. The highest BCUT2D eigenvalue weighted by molar-refractivity contribution is 5.20. The Morgan fingerprint density at radius 3 is 2.32 bits per heavy atom. The third-order valence-electron chi connectivity index (χ3n) is 3.98. The lowest BCUT2D eigenvalue weighted by atomic mass is 10.0. The Balaban J connectivity index is 2.03. The lowest BCUT2D eigenvalue weighted by Crippen LogP contribution is -2.50. The normalized spacial score (nSPS) is 19.8. The number of hydrogen-bond acceptors (Lipinski definition) is 3. The minimum atomic E-state index is -0.184. The fraction of sp³-hybridized carbons (Fsp3) is 0.600. The van der Waals surface area contributed by atoms with E-state index in [0.29, 0.717) is 12.6 Å². The van der Waals surface area contributed by atoms with Crippen molar-refractivity contribution in [1.82, 2.24) is 9.80 Å². The lowest BCUT2D eigenvalue weighted by Gasteiger charge is -2.40. The number of hydrogen-bond donors (Lipinski definition) is 1. The molecule has 3 nitrogen and oxygen atoms in total. The van der Waals surface area contributed by atoms with E-state index in [9.17, 15) is 4.39 Å². The maximum absolute atomic E-state index is 13.3. The van der Waals surface area contributed by atoms with Crippen LogP contribution in [0.25, 0.3) is 0 Å². The summed E-state index contributed by atoms with van der Waals surface area (Å²) in [5.41, 5.74) is 6.89. The van der Waals surface area contributed by atoms with Crippen LogP contribution in [0, 0.1) is 5.82 Å². The molecule has 0 aliphatic carbocycles. The first-order valence-corrected chi connectivity index (χ1v) is 7.05. The Labute approximate surface area is 115 Å². The molecule has 0 amide bonds. The minimum Gasteiger partial charge on any atom is -0.329 e. The predicted molar refractivity (Wildman–Crippen MR) is 76.5 cm³/mol. The molecule has 19 heavy (non-hydrogen) atoms. The van der Waals surface area contributed by atoms with Crippen LogP contribution in [0.2, 0.25) is 0 Å². The SMILES string of the molecule is CC(C)N1CCN(C(CN)c2cccc(F)c2)CC1. The van der Waals surface area contributed by atoms with Gasteiger partial charge in [0.1, 0.15) is 5.82 Å². The summed E-state index contributed by atoms with van der Waals surface area (Å²) in [5, 5.41) is 0. The third kappa shape index (κ3) is 3.53. The zero-order valence-corrected chi connectivity index (χ0v) is 11.8. The molecule has 4 heteroatoms. The smallest absolute Gasteiger partial charge is 0.123 e. The maximum atomic E-state index is 13.3. The average molecular weight is 265 g/mol. The molecule has 1 atom stereocenters. The Hall–Kier alpha value is -0.970. The van der Waals surface area contributed by atoms with E-state index in [1.165, 1.54) is 6.07 Å². The van der Waals surface area contributed by atoms with E-state index in [1.807, 2.05) is 6.07 Å². The van der Waals surface area contributed by atoms with E-state index in [4.69, 9.17) is 5.73 Å². The van der Waals surface area contributed by atoms with Crippen molar-refractivity contribution in [1.29, 1.82) is 0 Å². The summed E-state index contributed by atoms with van der Waals surface area (Å²) in [7, 11) is 0. The summed E-state index contributed by atoms with van der Waals surface area (Å²) in [6.45, 7) is 9.09. The van der Waals surface area contributed by atoms with Crippen LogP contribution in [-0.2, 0) is 0 Å². The van der Waals surface area contributed by atoms with Crippen LogP contribution in [0.15, 0.2) is 24.3 Å². The van der Waals surface area contributed by atoms with Gasteiger partial charge in [0.15, 0.2) is 0 Å². The lowest BCUT2D eigenvalue weighted by molar-refractivity contribution is 0.0801. The summed E-state index contributed by atoms with van der Waals surface area (Å²) < 4.78 is 13.3. The third-order valence-corrected chi connectivity index (χ3v) is 3.98. The van der Waals surface area contributed by atoms with Gasteiger partial charge in [0.2, 0.25) is 0 Å². The largest absolute Gasteiger partial charge is 0.329 e. The van der Waals surface area contributed by atoms with Crippen molar-refractivity contribution in [2.75, 3.05) is 32.7 Å². The highest BCUT2D eigenvalue weighted by atomic mass is 19.1. The number of nitrogens with zero attached hydrogens (tertiary/aromatic N) is 2. The van der Waals surface area contributed by atoms with Gasteiger partial charge < -0.3 is 5.73 Å². The standard InChI is InChI=1S/C15H24FN3/c1-12(2)18-6-8-19(9-7-18)15(11-17)13-4-3-5-14(16)10-13/h3-5,10,12,15H,6-9,11,17H2,1-2H3. The Morgan fingerprint density at radius 1 is 1.16 bits per heavy atom. The van der Waals surface area contributed by atoms with Crippen molar-refractivity contribution >= 4 is 0 Å². The van der Waals surface area contributed by atoms with Crippen LogP contribution in [0.1, 0.15) is 25.5 Å². The number of nitrogens with two attached hydrogens (primary N) is 1. The fourth-order valence-corrected chi connectivity index (χ4v) is 2.78. The topological polar surface area (TPSA) is 32.5 Å². The Morgan fingerprint density at radius 2 is 1.79 bits per heavy atom. The molecule has 0 bridgehead atoms.